The summed E-state index contributed by atoms with van der Waals surface area (Å²) in [5, 5.41) is 0. The number of hydrogen-bond donors (Lipinski definition) is 1. The Morgan fingerprint density at radius 3 is 1.83 bits per heavy atom. The molecular weight excluding hydrogens is 367 g/mol. The zero-order valence-corrected chi connectivity index (χ0v) is 14.7. The van der Waals surface area contributed by atoms with E-state index in [1.165, 1.54) is 17.2 Å². The molecule has 0 aliphatic rings. The van der Waals surface area contributed by atoms with Crippen molar-refractivity contribution in [2.75, 3.05) is 10.6 Å². The van der Waals surface area contributed by atoms with Crippen LogP contribution in [0.5, 0.6) is 0 Å². The van der Waals surface area contributed by atoms with Gasteiger partial charge in [-0.15, -0.1) is 0 Å². The Hall–Kier alpha value is -2.33. The molecule has 4 heteroatoms. The summed E-state index contributed by atoms with van der Waals surface area (Å²) in [5.41, 5.74) is 9.69. The van der Waals surface area contributed by atoms with E-state index in [2.05, 4.69) is 45.1 Å². The second kappa shape index (κ2) is 7.49. The van der Waals surface area contributed by atoms with Gasteiger partial charge in [0.05, 0.1) is 15.8 Å². The van der Waals surface area contributed by atoms with Gasteiger partial charge in [-0.1, -0.05) is 60.7 Å². The average Bonchev–Trinajstić information content (AvgIpc) is 2.59. The molecule has 0 unspecified atom stereocenters. The van der Waals surface area contributed by atoms with E-state index in [9.17, 15) is 4.39 Å². The Bertz CT molecular complexity index is 765. The highest BCUT2D eigenvalue weighted by molar-refractivity contribution is 9.10. The summed E-state index contributed by atoms with van der Waals surface area (Å²) in [6, 6.07) is 23.5. The second-order valence-electron chi connectivity index (χ2n) is 5.65. The van der Waals surface area contributed by atoms with E-state index in [0.29, 0.717) is 23.2 Å². The van der Waals surface area contributed by atoms with Crippen molar-refractivity contribution >= 4 is 27.3 Å². The quantitative estimate of drug-likeness (QED) is 0.598. The molecule has 0 aliphatic carbocycles. The number of nitrogens with zero attached hydrogens (tertiary/aromatic N) is 1. The number of halogens is 2. The molecule has 0 fully saturated rings. The summed E-state index contributed by atoms with van der Waals surface area (Å²) in [5.74, 6) is -0.351. The Balaban J connectivity index is 1.96. The number of nitrogen functional groups attached to an aromatic ring is 1. The molecule has 0 bridgehead atoms. The van der Waals surface area contributed by atoms with E-state index in [1.54, 1.807) is 6.07 Å². The van der Waals surface area contributed by atoms with E-state index < -0.39 is 0 Å². The van der Waals surface area contributed by atoms with Gasteiger partial charge in [0, 0.05) is 19.2 Å². The van der Waals surface area contributed by atoms with Crippen molar-refractivity contribution in [3.8, 4) is 0 Å². The predicted octanol–water partition coefficient (Wildman–Crippen LogP) is 5.38. The van der Waals surface area contributed by atoms with Crippen LogP contribution in [0.25, 0.3) is 0 Å². The summed E-state index contributed by atoms with van der Waals surface area (Å²) in [7, 11) is 0. The number of nitrogens with two attached hydrogens (primary N) is 1. The highest BCUT2D eigenvalue weighted by Gasteiger charge is 2.14. The van der Waals surface area contributed by atoms with Crippen LogP contribution in [0.3, 0.4) is 0 Å². The summed E-state index contributed by atoms with van der Waals surface area (Å²) < 4.78 is 14.1. The molecule has 0 aliphatic heterocycles. The van der Waals surface area contributed by atoms with E-state index in [4.69, 9.17) is 5.73 Å². The van der Waals surface area contributed by atoms with Gasteiger partial charge < -0.3 is 10.6 Å². The van der Waals surface area contributed by atoms with Gasteiger partial charge in [-0.25, -0.2) is 4.39 Å². The molecule has 122 valence electrons. The van der Waals surface area contributed by atoms with Crippen molar-refractivity contribution in [1.82, 2.24) is 0 Å². The number of hydrogen-bond acceptors (Lipinski definition) is 2. The van der Waals surface area contributed by atoms with Gasteiger partial charge in [0.25, 0.3) is 0 Å². The van der Waals surface area contributed by atoms with Crippen LogP contribution in [0.4, 0.5) is 15.8 Å². The minimum absolute atomic E-state index is 0.351. The van der Waals surface area contributed by atoms with Crippen LogP contribution in [0.1, 0.15) is 11.1 Å². The lowest BCUT2D eigenvalue weighted by Gasteiger charge is -2.27. The third-order valence-corrected chi connectivity index (χ3v) is 4.45. The molecule has 0 radical (unpaired) electrons. The molecule has 3 aromatic rings. The fourth-order valence-corrected chi connectivity index (χ4v) is 2.99. The fraction of sp³-hybridized carbons (Fsp3) is 0.100. The van der Waals surface area contributed by atoms with Crippen LogP contribution >= 0.6 is 15.9 Å². The van der Waals surface area contributed by atoms with Crippen LogP contribution in [0, 0.1) is 5.82 Å². The van der Waals surface area contributed by atoms with Gasteiger partial charge in [0.1, 0.15) is 5.82 Å². The first kappa shape index (κ1) is 16.5. The van der Waals surface area contributed by atoms with Crippen molar-refractivity contribution in [2.45, 2.75) is 13.1 Å². The lowest BCUT2D eigenvalue weighted by Crippen LogP contribution is -2.23. The molecule has 3 aromatic carbocycles. The van der Waals surface area contributed by atoms with Gasteiger partial charge in [-0.05, 0) is 33.1 Å². The molecule has 0 aromatic heterocycles. The maximum absolute atomic E-state index is 13.7. The van der Waals surface area contributed by atoms with Crippen molar-refractivity contribution in [3.63, 3.8) is 0 Å². The monoisotopic (exact) mass is 384 g/mol. The van der Waals surface area contributed by atoms with E-state index >= 15 is 0 Å². The topological polar surface area (TPSA) is 29.3 Å². The van der Waals surface area contributed by atoms with Crippen molar-refractivity contribution < 1.29 is 4.39 Å². The maximum Gasteiger partial charge on any atom is 0.139 e. The minimum atomic E-state index is -0.351. The van der Waals surface area contributed by atoms with Gasteiger partial charge in [0.15, 0.2) is 0 Å². The molecule has 0 atom stereocenters. The zero-order chi connectivity index (χ0) is 16.9. The van der Waals surface area contributed by atoms with Gasteiger partial charge in [-0.2, -0.15) is 0 Å². The minimum Gasteiger partial charge on any atom is -0.397 e. The van der Waals surface area contributed by atoms with E-state index in [1.807, 2.05) is 36.4 Å². The zero-order valence-electron chi connectivity index (χ0n) is 13.1. The lowest BCUT2D eigenvalue weighted by molar-refractivity contribution is 0.621. The third kappa shape index (κ3) is 3.95. The molecule has 24 heavy (non-hydrogen) atoms. The second-order valence-corrected chi connectivity index (χ2v) is 6.51. The van der Waals surface area contributed by atoms with Crippen LogP contribution in [0.2, 0.25) is 0 Å². The molecule has 0 spiro atoms. The van der Waals surface area contributed by atoms with Crippen LogP contribution in [-0.2, 0) is 13.1 Å². The van der Waals surface area contributed by atoms with Gasteiger partial charge >= 0.3 is 0 Å². The molecule has 3 rings (SSSR count). The molecule has 2 nitrogen and oxygen atoms in total. The Kier molecular flexibility index (Phi) is 5.16. The maximum atomic E-state index is 13.7. The fourth-order valence-electron chi connectivity index (χ4n) is 2.66. The molecular formula is C20H18BrFN2. The third-order valence-electron chi connectivity index (χ3n) is 3.84. The van der Waals surface area contributed by atoms with E-state index in [0.717, 1.165) is 5.69 Å². The summed E-state index contributed by atoms with van der Waals surface area (Å²) in [6.45, 7) is 1.38. The first-order chi connectivity index (χ1) is 11.6. The smallest absolute Gasteiger partial charge is 0.139 e. The van der Waals surface area contributed by atoms with Crippen LogP contribution in [-0.4, -0.2) is 0 Å². The Labute approximate surface area is 149 Å². The normalized spacial score (nSPS) is 10.6. The Morgan fingerprint density at radius 2 is 1.33 bits per heavy atom. The Morgan fingerprint density at radius 1 is 0.833 bits per heavy atom. The summed E-state index contributed by atoms with van der Waals surface area (Å²) >= 11 is 3.26. The van der Waals surface area contributed by atoms with Crippen molar-refractivity contribution in [3.05, 3.63) is 94.2 Å². The molecule has 0 heterocycles. The SMILES string of the molecule is Nc1cc(F)c(Br)cc1N(Cc1ccccc1)Cc1ccccc1. The first-order valence-corrected chi connectivity index (χ1v) is 8.50. The standard InChI is InChI=1S/C20H18BrFN2/c21-17-11-20(19(23)12-18(17)22)24(13-15-7-3-1-4-8-15)14-16-9-5-2-6-10-16/h1-12H,13-14,23H2. The van der Waals surface area contributed by atoms with E-state index in [-0.39, 0.29) is 5.82 Å². The molecule has 2 N–H and O–H groups in total. The summed E-state index contributed by atoms with van der Waals surface area (Å²) in [4.78, 5) is 2.16. The molecule has 0 amide bonds. The number of anilines is 2. The van der Waals surface area contributed by atoms with Crippen LogP contribution < -0.4 is 10.6 Å². The predicted molar refractivity (Wildman–Crippen MR) is 101 cm³/mol. The average molecular weight is 385 g/mol. The highest BCUT2D eigenvalue weighted by Crippen LogP contribution is 2.31. The lowest BCUT2D eigenvalue weighted by atomic mass is 10.1. The number of rotatable bonds is 5. The molecule has 0 saturated carbocycles. The van der Waals surface area contributed by atoms with Gasteiger partial charge in [0.2, 0.25) is 0 Å². The molecule has 0 saturated heterocycles. The summed E-state index contributed by atoms with van der Waals surface area (Å²) in [6.07, 6.45) is 0. The largest absolute Gasteiger partial charge is 0.397 e. The highest BCUT2D eigenvalue weighted by atomic mass is 79.9. The first-order valence-electron chi connectivity index (χ1n) is 7.71. The van der Waals surface area contributed by atoms with Crippen LogP contribution in [0.15, 0.2) is 77.3 Å². The van der Waals surface area contributed by atoms with Gasteiger partial charge in [-0.3, -0.25) is 0 Å². The van der Waals surface area contributed by atoms with Crippen molar-refractivity contribution in [1.29, 1.82) is 0 Å². The van der Waals surface area contributed by atoms with Crippen molar-refractivity contribution in [2.24, 2.45) is 0 Å². The number of benzene rings is 3.